The molecule has 1 N–H and O–H groups in total. The number of hydrogen-bond acceptors (Lipinski definition) is 3. The summed E-state index contributed by atoms with van der Waals surface area (Å²) in [6.45, 7) is 6.06. The summed E-state index contributed by atoms with van der Waals surface area (Å²) >= 11 is 0. The second kappa shape index (κ2) is 7.53. The Morgan fingerprint density at radius 3 is 2.65 bits per heavy atom. The summed E-state index contributed by atoms with van der Waals surface area (Å²) in [7, 11) is 1.71. The van der Waals surface area contributed by atoms with E-state index in [2.05, 4.69) is 31.3 Å². The third-order valence-electron chi connectivity index (χ3n) is 4.15. The van der Waals surface area contributed by atoms with Gasteiger partial charge in [-0.2, -0.15) is 0 Å². The van der Waals surface area contributed by atoms with Crippen LogP contribution in [0.1, 0.15) is 51.1 Å². The lowest BCUT2D eigenvalue weighted by Crippen LogP contribution is -2.17. The standard InChI is InChI=1S/C17H27NO2/c1-4-18-13(2)15-9-10-16(17(11-15)19-3)20-12-14-7-5-6-8-14/h9-11,13-14,18H,4-8,12H2,1-3H3. The lowest BCUT2D eigenvalue weighted by molar-refractivity contribution is 0.240. The third kappa shape index (κ3) is 3.89. The first-order valence-corrected chi connectivity index (χ1v) is 7.78. The van der Waals surface area contributed by atoms with Crippen LogP contribution in [0.25, 0.3) is 0 Å². The van der Waals surface area contributed by atoms with Crippen LogP contribution in [0.2, 0.25) is 0 Å². The van der Waals surface area contributed by atoms with E-state index in [1.165, 1.54) is 31.2 Å². The highest BCUT2D eigenvalue weighted by Gasteiger charge is 2.17. The number of ether oxygens (including phenoxy) is 2. The topological polar surface area (TPSA) is 30.5 Å². The smallest absolute Gasteiger partial charge is 0.161 e. The highest BCUT2D eigenvalue weighted by Crippen LogP contribution is 2.32. The molecule has 2 rings (SSSR count). The molecule has 1 aliphatic carbocycles. The van der Waals surface area contributed by atoms with Crippen molar-refractivity contribution in [3.05, 3.63) is 23.8 Å². The molecule has 0 aliphatic heterocycles. The van der Waals surface area contributed by atoms with Crippen LogP contribution in [0.15, 0.2) is 18.2 Å². The summed E-state index contributed by atoms with van der Waals surface area (Å²) in [6.07, 6.45) is 5.31. The van der Waals surface area contributed by atoms with Gasteiger partial charge in [-0.1, -0.05) is 25.8 Å². The van der Waals surface area contributed by atoms with E-state index in [4.69, 9.17) is 9.47 Å². The largest absolute Gasteiger partial charge is 0.493 e. The first kappa shape index (κ1) is 15.2. The summed E-state index contributed by atoms with van der Waals surface area (Å²) in [5.74, 6) is 2.43. The van der Waals surface area contributed by atoms with Crippen LogP contribution in [-0.2, 0) is 0 Å². The number of hydrogen-bond donors (Lipinski definition) is 1. The van der Waals surface area contributed by atoms with E-state index in [0.717, 1.165) is 30.6 Å². The van der Waals surface area contributed by atoms with E-state index >= 15 is 0 Å². The van der Waals surface area contributed by atoms with E-state index < -0.39 is 0 Å². The van der Waals surface area contributed by atoms with Crippen molar-refractivity contribution in [1.82, 2.24) is 5.32 Å². The molecule has 1 aromatic rings. The van der Waals surface area contributed by atoms with E-state index in [-0.39, 0.29) is 0 Å². The number of nitrogens with one attached hydrogen (secondary N) is 1. The van der Waals surface area contributed by atoms with Crippen LogP contribution in [0.5, 0.6) is 11.5 Å². The molecule has 1 saturated carbocycles. The number of rotatable bonds is 7. The Bertz CT molecular complexity index is 413. The van der Waals surface area contributed by atoms with Crippen LogP contribution < -0.4 is 14.8 Å². The Kier molecular flexibility index (Phi) is 5.72. The lowest BCUT2D eigenvalue weighted by Gasteiger charge is -2.17. The van der Waals surface area contributed by atoms with E-state index in [9.17, 15) is 0 Å². The molecule has 112 valence electrons. The fourth-order valence-corrected chi connectivity index (χ4v) is 2.88. The SMILES string of the molecule is CCNC(C)c1ccc(OCC2CCCC2)c(OC)c1. The van der Waals surface area contributed by atoms with Gasteiger partial charge in [-0.25, -0.2) is 0 Å². The zero-order valence-corrected chi connectivity index (χ0v) is 12.9. The van der Waals surface area contributed by atoms with Gasteiger partial charge in [0.05, 0.1) is 13.7 Å². The zero-order chi connectivity index (χ0) is 14.4. The van der Waals surface area contributed by atoms with Crippen molar-refractivity contribution in [3.63, 3.8) is 0 Å². The monoisotopic (exact) mass is 277 g/mol. The summed E-state index contributed by atoms with van der Waals surface area (Å²) in [4.78, 5) is 0. The van der Waals surface area contributed by atoms with Crippen molar-refractivity contribution in [3.8, 4) is 11.5 Å². The molecule has 0 aromatic heterocycles. The summed E-state index contributed by atoms with van der Waals surface area (Å²) in [5, 5.41) is 3.41. The van der Waals surface area contributed by atoms with Crippen LogP contribution in [-0.4, -0.2) is 20.3 Å². The van der Waals surface area contributed by atoms with Crippen molar-refractivity contribution in [1.29, 1.82) is 0 Å². The average Bonchev–Trinajstić information content (AvgIpc) is 2.98. The number of benzene rings is 1. The molecule has 1 atom stereocenters. The van der Waals surface area contributed by atoms with Gasteiger partial charge in [0.2, 0.25) is 0 Å². The van der Waals surface area contributed by atoms with Gasteiger partial charge >= 0.3 is 0 Å². The van der Waals surface area contributed by atoms with E-state index in [1.54, 1.807) is 7.11 Å². The van der Waals surface area contributed by atoms with Crippen molar-refractivity contribution >= 4 is 0 Å². The van der Waals surface area contributed by atoms with Gasteiger partial charge in [0, 0.05) is 6.04 Å². The van der Waals surface area contributed by atoms with Gasteiger partial charge < -0.3 is 14.8 Å². The van der Waals surface area contributed by atoms with Gasteiger partial charge in [0.1, 0.15) is 0 Å². The lowest BCUT2D eigenvalue weighted by atomic mass is 10.1. The molecule has 1 fully saturated rings. The van der Waals surface area contributed by atoms with Gasteiger partial charge in [-0.05, 0) is 49.9 Å². The quantitative estimate of drug-likeness (QED) is 0.819. The van der Waals surface area contributed by atoms with Gasteiger partial charge in [0.25, 0.3) is 0 Å². The fourth-order valence-electron chi connectivity index (χ4n) is 2.88. The first-order valence-electron chi connectivity index (χ1n) is 7.78. The normalized spacial score (nSPS) is 17.1. The summed E-state index contributed by atoms with van der Waals surface area (Å²) in [6, 6.07) is 6.58. The summed E-state index contributed by atoms with van der Waals surface area (Å²) in [5.41, 5.74) is 1.23. The fraction of sp³-hybridized carbons (Fsp3) is 0.647. The maximum absolute atomic E-state index is 5.96. The highest BCUT2D eigenvalue weighted by molar-refractivity contribution is 5.43. The van der Waals surface area contributed by atoms with Crippen LogP contribution in [0, 0.1) is 5.92 Å². The van der Waals surface area contributed by atoms with Crippen LogP contribution in [0.4, 0.5) is 0 Å². The van der Waals surface area contributed by atoms with E-state index in [0.29, 0.717) is 6.04 Å². The van der Waals surface area contributed by atoms with Crippen molar-refractivity contribution in [2.75, 3.05) is 20.3 Å². The maximum Gasteiger partial charge on any atom is 0.161 e. The van der Waals surface area contributed by atoms with Crippen molar-refractivity contribution in [2.24, 2.45) is 5.92 Å². The molecule has 1 unspecified atom stereocenters. The Morgan fingerprint density at radius 1 is 1.25 bits per heavy atom. The van der Waals surface area contributed by atoms with Crippen LogP contribution >= 0.6 is 0 Å². The molecule has 0 spiro atoms. The molecule has 1 aromatic carbocycles. The van der Waals surface area contributed by atoms with Gasteiger partial charge in [-0.3, -0.25) is 0 Å². The maximum atomic E-state index is 5.96. The van der Waals surface area contributed by atoms with E-state index in [1.807, 2.05) is 6.07 Å². The van der Waals surface area contributed by atoms with Gasteiger partial charge in [0.15, 0.2) is 11.5 Å². The third-order valence-corrected chi connectivity index (χ3v) is 4.15. The zero-order valence-electron chi connectivity index (χ0n) is 12.9. The minimum atomic E-state index is 0.331. The Morgan fingerprint density at radius 2 is 2.00 bits per heavy atom. The highest BCUT2D eigenvalue weighted by atomic mass is 16.5. The molecular weight excluding hydrogens is 250 g/mol. The molecule has 3 heteroatoms. The molecular formula is C17H27NO2. The van der Waals surface area contributed by atoms with Crippen molar-refractivity contribution < 1.29 is 9.47 Å². The summed E-state index contributed by atoms with van der Waals surface area (Å²) < 4.78 is 11.4. The Labute approximate surface area is 122 Å². The van der Waals surface area contributed by atoms with Gasteiger partial charge in [-0.15, -0.1) is 0 Å². The Balaban J connectivity index is 2.01. The van der Waals surface area contributed by atoms with Crippen molar-refractivity contribution in [2.45, 2.75) is 45.6 Å². The predicted octanol–water partition coefficient (Wildman–Crippen LogP) is 3.93. The van der Waals surface area contributed by atoms with Crippen LogP contribution in [0.3, 0.4) is 0 Å². The molecule has 0 amide bonds. The molecule has 1 aliphatic rings. The molecule has 3 nitrogen and oxygen atoms in total. The second-order valence-corrected chi connectivity index (χ2v) is 5.65. The molecule has 0 bridgehead atoms. The molecule has 0 radical (unpaired) electrons. The first-order chi connectivity index (χ1) is 9.74. The Hall–Kier alpha value is -1.22. The second-order valence-electron chi connectivity index (χ2n) is 5.65. The number of methoxy groups -OCH3 is 1. The molecule has 0 heterocycles. The molecule has 0 saturated heterocycles. The average molecular weight is 277 g/mol. The molecule has 20 heavy (non-hydrogen) atoms. The predicted molar refractivity (Wildman–Crippen MR) is 82.5 cm³/mol. The minimum absolute atomic E-state index is 0.331. The minimum Gasteiger partial charge on any atom is -0.493 e.